The van der Waals surface area contributed by atoms with Crippen molar-refractivity contribution in [3.63, 3.8) is 0 Å². The van der Waals surface area contributed by atoms with Crippen LogP contribution in [0.2, 0.25) is 0 Å². The predicted molar refractivity (Wildman–Crippen MR) is 132 cm³/mol. The largest absolute Gasteiger partial charge is 0.481 e. The van der Waals surface area contributed by atoms with Crippen molar-refractivity contribution in [2.24, 2.45) is 11.8 Å². The van der Waals surface area contributed by atoms with Gasteiger partial charge in [-0.1, -0.05) is 36.4 Å². The number of likely N-dealkylation sites (tertiary alicyclic amines) is 1. The van der Waals surface area contributed by atoms with Gasteiger partial charge in [0, 0.05) is 30.6 Å². The summed E-state index contributed by atoms with van der Waals surface area (Å²) in [5.41, 5.74) is 0.713. The highest BCUT2D eigenvalue weighted by Gasteiger charge is 2.73. The summed E-state index contributed by atoms with van der Waals surface area (Å²) in [5.74, 6) is -2.96. The average Bonchev–Trinajstić information content (AvgIpc) is 3.48. The Kier molecular flexibility index (Phi) is 5.90. The first-order valence-corrected chi connectivity index (χ1v) is 12.5. The molecule has 3 aliphatic rings. The third-order valence-corrected chi connectivity index (χ3v) is 9.45. The molecule has 0 aromatic heterocycles. The number of nitrogens with zero attached hydrogens (tertiary/aromatic N) is 2. The number of aliphatic hydroxyl groups excluding tert-OH is 1. The lowest BCUT2D eigenvalue weighted by molar-refractivity contribution is -0.148. The second kappa shape index (κ2) is 8.74. The summed E-state index contributed by atoms with van der Waals surface area (Å²) in [4.78, 5) is 43.2. The first kappa shape index (κ1) is 22.9. The summed E-state index contributed by atoms with van der Waals surface area (Å²) in [7, 11) is 0. The van der Waals surface area contributed by atoms with Crippen LogP contribution in [0.1, 0.15) is 19.3 Å². The number of rotatable bonds is 8. The van der Waals surface area contributed by atoms with Crippen LogP contribution in [-0.4, -0.2) is 68.6 Å². The number of hydrogen-bond acceptors (Lipinski definition) is 5. The SMILES string of the molecule is C=CCN(C(=O)C1N(CCCO)C(=O)[C@@H]2[C@@H](C(=O)O)[C@H]3CCC12S3)c1ccc2ccccc2c1. The molecular weight excluding hydrogens is 452 g/mol. The van der Waals surface area contributed by atoms with Gasteiger partial charge in [0.25, 0.3) is 5.91 Å². The molecule has 0 aliphatic carbocycles. The molecule has 0 saturated carbocycles. The lowest BCUT2D eigenvalue weighted by atomic mass is 9.71. The molecule has 2 aromatic rings. The summed E-state index contributed by atoms with van der Waals surface area (Å²) in [6.07, 6.45) is 3.31. The minimum Gasteiger partial charge on any atom is -0.481 e. The molecule has 7 nitrogen and oxygen atoms in total. The van der Waals surface area contributed by atoms with Crippen molar-refractivity contribution in [3.05, 3.63) is 55.1 Å². The fourth-order valence-electron chi connectivity index (χ4n) is 6.14. The molecule has 178 valence electrons. The molecule has 2 aromatic carbocycles. The van der Waals surface area contributed by atoms with Crippen LogP contribution in [-0.2, 0) is 14.4 Å². The molecule has 5 rings (SSSR count). The van der Waals surface area contributed by atoms with Crippen molar-refractivity contribution in [1.82, 2.24) is 4.90 Å². The summed E-state index contributed by atoms with van der Waals surface area (Å²) < 4.78 is -0.756. The van der Waals surface area contributed by atoms with Crippen LogP contribution >= 0.6 is 11.8 Å². The van der Waals surface area contributed by atoms with E-state index in [4.69, 9.17) is 0 Å². The quantitative estimate of drug-likeness (QED) is 0.564. The van der Waals surface area contributed by atoms with Gasteiger partial charge in [-0.2, -0.15) is 0 Å². The molecule has 2 N–H and O–H groups in total. The minimum atomic E-state index is -0.967. The lowest BCUT2D eigenvalue weighted by Gasteiger charge is -2.37. The van der Waals surface area contributed by atoms with Gasteiger partial charge in [-0.15, -0.1) is 18.3 Å². The smallest absolute Gasteiger partial charge is 0.308 e. The molecule has 1 spiro atoms. The number of amides is 2. The van der Waals surface area contributed by atoms with E-state index in [1.807, 2.05) is 42.5 Å². The van der Waals surface area contributed by atoms with Gasteiger partial charge < -0.3 is 20.0 Å². The molecule has 3 aliphatic heterocycles. The van der Waals surface area contributed by atoms with Crippen molar-refractivity contribution in [2.45, 2.75) is 35.3 Å². The Labute approximate surface area is 202 Å². The van der Waals surface area contributed by atoms with Crippen LogP contribution in [0.5, 0.6) is 0 Å². The average molecular weight is 481 g/mol. The molecule has 8 heteroatoms. The highest BCUT2D eigenvalue weighted by atomic mass is 32.2. The monoisotopic (exact) mass is 480 g/mol. The first-order chi connectivity index (χ1) is 16.4. The Bertz CT molecular complexity index is 1170. The van der Waals surface area contributed by atoms with Gasteiger partial charge in [-0.25, -0.2) is 0 Å². The molecule has 2 bridgehead atoms. The van der Waals surface area contributed by atoms with E-state index >= 15 is 0 Å². The van der Waals surface area contributed by atoms with Gasteiger partial charge >= 0.3 is 5.97 Å². The zero-order valence-electron chi connectivity index (χ0n) is 18.8. The van der Waals surface area contributed by atoms with Gasteiger partial charge in [0.15, 0.2) is 0 Å². The van der Waals surface area contributed by atoms with Gasteiger partial charge in [0.05, 0.1) is 16.6 Å². The minimum absolute atomic E-state index is 0.110. The summed E-state index contributed by atoms with van der Waals surface area (Å²) >= 11 is 1.52. The van der Waals surface area contributed by atoms with E-state index in [0.29, 0.717) is 24.9 Å². The van der Waals surface area contributed by atoms with Crippen molar-refractivity contribution < 1.29 is 24.6 Å². The van der Waals surface area contributed by atoms with Gasteiger partial charge in [0.1, 0.15) is 6.04 Å². The number of anilines is 1. The topological polar surface area (TPSA) is 98.2 Å². The van der Waals surface area contributed by atoms with E-state index in [0.717, 1.165) is 10.8 Å². The lowest BCUT2D eigenvalue weighted by Crippen LogP contribution is -2.55. The number of thioether (sulfide) groups is 1. The highest BCUT2D eigenvalue weighted by molar-refractivity contribution is 8.02. The zero-order chi connectivity index (χ0) is 24.0. The second-order valence-corrected chi connectivity index (χ2v) is 10.9. The van der Waals surface area contributed by atoms with Crippen LogP contribution in [0, 0.1) is 11.8 Å². The molecule has 2 amide bonds. The van der Waals surface area contributed by atoms with Crippen molar-refractivity contribution in [1.29, 1.82) is 0 Å². The maximum atomic E-state index is 14.3. The van der Waals surface area contributed by atoms with Gasteiger partial charge in [-0.3, -0.25) is 14.4 Å². The van der Waals surface area contributed by atoms with E-state index in [1.165, 1.54) is 11.8 Å². The van der Waals surface area contributed by atoms with Crippen LogP contribution in [0.25, 0.3) is 10.8 Å². The summed E-state index contributed by atoms with van der Waals surface area (Å²) in [6, 6.07) is 13.0. The maximum Gasteiger partial charge on any atom is 0.308 e. The Hall–Kier alpha value is -2.84. The summed E-state index contributed by atoms with van der Waals surface area (Å²) in [5, 5.41) is 21.3. The fourth-order valence-corrected chi connectivity index (χ4v) is 8.35. The summed E-state index contributed by atoms with van der Waals surface area (Å²) in [6.45, 7) is 4.22. The molecule has 3 saturated heterocycles. The van der Waals surface area contributed by atoms with Crippen molar-refractivity contribution in [2.75, 3.05) is 24.6 Å². The van der Waals surface area contributed by atoms with Crippen LogP contribution in [0.3, 0.4) is 0 Å². The van der Waals surface area contributed by atoms with Gasteiger partial charge in [0.2, 0.25) is 5.91 Å². The number of carboxylic acids is 1. The number of carbonyl (C=O) groups excluding carboxylic acids is 2. The van der Waals surface area contributed by atoms with Crippen LogP contribution < -0.4 is 4.90 Å². The molecular formula is C26H28N2O5S. The van der Waals surface area contributed by atoms with Crippen molar-refractivity contribution >= 4 is 46.0 Å². The maximum absolute atomic E-state index is 14.3. The third kappa shape index (κ3) is 3.34. The Morgan fingerprint density at radius 3 is 2.71 bits per heavy atom. The van der Waals surface area contributed by atoms with Gasteiger partial charge in [-0.05, 0) is 42.2 Å². The molecule has 34 heavy (non-hydrogen) atoms. The van der Waals surface area contributed by atoms with E-state index < -0.39 is 28.6 Å². The normalized spacial score (nSPS) is 29.4. The zero-order valence-corrected chi connectivity index (χ0v) is 19.6. The number of carbonyl (C=O) groups is 3. The van der Waals surface area contributed by atoms with E-state index in [2.05, 4.69) is 6.58 Å². The second-order valence-electron chi connectivity index (χ2n) is 9.27. The van der Waals surface area contributed by atoms with E-state index in [1.54, 1.807) is 15.9 Å². The highest BCUT2D eigenvalue weighted by Crippen LogP contribution is 2.66. The number of hydrogen-bond donors (Lipinski definition) is 2. The Balaban J connectivity index is 1.57. The standard InChI is InChI=1S/C26H28N2O5S/c1-2-12-27(18-9-8-16-6-3-4-7-17(16)15-18)24(31)22-26-11-10-19(34-26)20(25(32)33)21(26)23(30)28(22)13-5-14-29/h2-4,6-9,15,19-22,29H,1,5,10-14H2,(H,32,33)/t19-,20+,21+,22?,26?/m1/s1. The number of fused-ring (bicyclic) bond motifs is 2. The molecule has 0 radical (unpaired) electrons. The fraction of sp³-hybridized carbons (Fsp3) is 0.423. The molecule has 2 unspecified atom stereocenters. The van der Waals surface area contributed by atoms with E-state index in [9.17, 15) is 24.6 Å². The Morgan fingerprint density at radius 2 is 2.00 bits per heavy atom. The molecule has 3 fully saturated rings. The first-order valence-electron chi connectivity index (χ1n) is 11.7. The number of aliphatic hydroxyl groups is 1. The van der Waals surface area contributed by atoms with Crippen LogP contribution in [0.15, 0.2) is 55.1 Å². The number of aliphatic carboxylic acids is 1. The third-order valence-electron chi connectivity index (χ3n) is 7.50. The van der Waals surface area contributed by atoms with Crippen molar-refractivity contribution in [3.8, 4) is 0 Å². The molecule has 5 atom stereocenters. The number of carboxylic acid groups (broad SMARTS) is 1. The van der Waals surface area contributed by atoms with Crippen LogP contribution in [0.4, 0.5) is 5.69 Å². The Morgan fingerprint density at radius 1 is 1.24 bits per heavy atom. The predicted octanol–water partition coefficient (Wildman–Crippen LogP) is 2.92. The molecule has 3 heterocycles. The number of benzene rings is 2. The van der Waals surface area contributed by atoms with E-state index in [-0.39, 0.29) is 36.8 Å².